The van der Waals surface area contributed by atoms with Crippen molar-refractivity contribution in [3.05, 3.63) is 189 Å². The fourth-order valence-electron chi connectivity index (χ4n) is 8.79. The van der Waals surface area contributed by atoms with Gasteiger partial charge < -0.3 is 40.6 Å². The smallest absolute Gasteiger partial charge is 0.347 e. The fraction of sp³-hybridized carbons (Fsp3) is 0.283. The zero-order valence-electron chi connectivity index (χ0n) is 36.7. The fourth-order valence-corrected chi connectivity index (χ4v) is 8.79. The first-order valence-electron chi connectivity index (χ1n) is 22.4. The van der Waals surface area contributed by atoms with E-state index < -0.39 is 17.7 Å². The number of carbonyl (C=O) groups excluding carboxylic acids is 3. The number of hydrogen-bond donors (Lipinski definition) is 6. The molecule has 8 rings (SSSR count). The maximum absolute atomic E-state index is 14.0. The number of amides is 2. The number of pyridine rings is 1. The molecule has 340 valence electrons. The Morgan fingerprint density at radius 2 is 1.55 bits per heavy atom. The van der Waals surface area contributed by atoms with Gasteiger partial charge in [-0.05, 0) is 102 Å². The molecule has 2 atom stereocenters. The lowest BCUT2D eigenvalue weighted by molar-refractivity contribution is -0.164. The highest BCUT2D eigenvalue weighted by atomic mass is 16.5. The third kappa shape index (κ3) is 10.8. The van der Waals surface area contributed by atoms with Crippen LogP contribution in [0.1, 0.15) is 69.1 Å². The third-order valence-electron chi connectivity index (χ3n) is 12.7. The maximum atomic E-state index is 14.0. The standard InChI is InChI=1S/C53H55N5O8/c59-46-20-18-44(45-19-21-48(61)56-50(45)46)47(60)32-54-31-36-14-16-40(17-15-36)51(63)55-33-49(62)58-28-24-39(25-29-58)41-10-7-13-43(30-41)53(65,42-11-5-2-6-12-42)52(64)66-35-38-22-26-57(27-23-38)34-37-8-3-1-4-9-37/h1-21,24,30,38,47,54,59-60,65H,22-23,25-29,31-35H2,(H,55,63)(H,56,61)/t47-,53?/m0/s1. The predicted octanol–water partition coefficient (Wildman–Crippen LogP) is 5.79. The number of phenolic OH excluding ortho intramolecular Hbond substituents is 1. The maximum Gasteiger partial charge on any atom is 0.347 e. The molecule has 1 unspecified atom stereocenters. The van der Waals surface area contributed by atoms with E-state index in [-0.39, 0.29) is 54.3 Å². The molecule has 2 aliphatic heterocycles. The van der Waals surface area contributed by atoms with Gasteiger partial charge in [-0.25, -0.2) is 4.79 Å². The highest BCUT2D eigenvalue weighted by molar-refractivity contribution is 5.96. The number of ether oxygens (including phenoxy) is 1. The van der Waals surface area contributed by atoms with Gasteiger partial charge in [0.15, 0.2) is 0 Å². The SMILES string of the molecule is O=C(NCC(=O)N1CC=C(c2cccc(C(O)(C(=O)OCC3CCN(Cc4ccccc4)CC3)c3ccccc3)c2)CC1)c1ccc(CNC[C@H](O)c2ccc(O)c3[nH]c(=O)ccc23)cc1. The number of aromatic hydroxyl groups is 1. The zero-order valence-corrected chi connectivity index (χ0v) is 36.7. The summed E-state index contributed by atoms with van der Waals surface area (Å²) < 4.78 is 5.94. The molecular formula is C53H55N5O8. The van der Waals surface area contributed by atoms with Crippen LogP contribution >= 0.6 is 0 Å². The van der Waals surface area contributed by atoms with Crippen molar-refractivity contribution in [1.82, 2.24) is 25.4 Å². The lowest BCUT2D eigenvalue weighted by Gasteiger charge is -2.33. The Kier molecular flexibility index (Phi) is 14.5. The molecule has 2 amide bonds. The van der Waals surface area contributed by atoms with Crippen molar-refractivity contribution in [2.24, 2.45) is 5.92 Å². The quantitative estimate of drug-likeness (QED) is 0.0651. The van der Waals surface area contributed by atoms with Gasteiger partial charge in [0, 0.05) is 55.3 Å². The molecule has 13 nitrogen and oxygen atoms in total. The minimum Gasteiger partial charge on any atom is -0.506 e. The van der Waals surface area contributed by atoms with Crippen molar-refractivity contribution >= 4 is 34.3 Å². The normalized spacial score (nSPS) is 16.0. The Morgan fingerprint density at radius 1 is 0.818 bits per heavy atom. The zero-order chi connectivity index (χ0) is 46.0. The molecule has 6 aromatic rings. The predicted molar refractivity (Wildman–Crippen MR) is 252 cm³/mol. The van der Waals surface area contributed by atoms with Gasteiger partial charge in [0.1, 0.15) is 5.75 Å². The summed E-state index contributed by atoms with van der Waals surface area (Å²) in [4.78, 5) is 58.7. The number of aliphatic hydroxyl groups excluding tert-OH is 1. The molecule has 0 bridgehead atoms. The molecule has 0 aliphatic carbocycles. The molecular weight excluding hydrogens is 835 g/mol. The van der Waals surface area contributed by atoms with Gasteiger partial charge in [0.25, 0.3) is 5.91 Å². The largest absolute Gasteiger partial charge is 0.506 e. The average molecular weight is 890 g/mol. The Hall–Kier alpha value is -6.90. The number of nitrogens with zero attached hydrogens (tertiary/aromatic N) is 2. The van der Waals surface area contributed by atoms with Crippen LogP contribution < -0.4 is 16.2 Å². The first kappa shape index (κ1) is 45.7. The second-order valence-electron chi connectivity index (χ2n) is 17.1. The Morgan fingerprint density at radius 3 is 2.27 bits per heavy atom. The monoisotopic (exact) mass is 889 g/mol. The summed E-state index contributed by atoms with van der Waals surface area (Å²) >= 11 is 0. The Labute approximate surface area is 383 Å². The topological polar surface area (TPSA) is 185 Å². The van der Waals surface area contributed by atoms with Crippen LogP contribution in [-0.4, -0.2) is 93.8 Å². The van der Waals surface area contributed by atoms with E-state index in [2.05, 4.69) is 44.8 Å². The number of hydrogen-bond acceptors (Lipinski definition) is 10. The summed E-state index contributed by atoms with van der Waals surface area (Å²) in [6.45, 7) is 4.16. The van der Waals surface area contributed by atoms with Crippen LogP contribution in [0.25, 0.3) is 16.5 Å². The second kappa shape index (κ2) is 20.9. The van der Waals surface area contributed by atoms with Crippen LogP contribution in [-0.2, 0) is 33.0 Å². The van der Waals surface area contributed by atoms with Crippen LogP contribution in [0.3, 0.4) is 0 Å². The van der Waals surface area contributed by atoms with Crippen molar-refractivity contribution in [2.75, 3.05) is 45.9 Å². The third-order valence-corrected chi connectivity index (χ3v) is 12.7. The Balaban J connectivity index is 0.816. The minimum absolute atomic E-state index is 0.0777. The number of carbonyl (C=O) groups is 3. The van der Waals surface area contributed by atoms with E-state index in [0.717, 1.165) is 49.2 Å². The molecule has 5 aromatic carbocycles. The summed E-state index contributed by atoms with van der Waals surface area (Å²) in [5.41, 5.74) is 3.63. The van der Waals surface area contributed by atoms with Crippen molar-refractivity contribution in [2.45, 2.75) is 44.1 Å². The first-order chi connectivity index (χ1) is 32.0. The number of phenols is 1. The van der Waals surface area contributed by atoms with E-state index in [0.29, 0.717) is 53.7 Å². The number of piperidine rings is 1. The van der Waals surface area contributed by atoms with E-state index in [1.165, 1.54) is 17.7 Å². The van der Waals surface area contributed by atoms with Gasteiger partial charge in [-0.1, -0.05) is 103 Å². The van der Waals surface area contributed by atoms with E-state index in [1.807, 2.05) is 36.4 Å². The molecule has 1 saturated heterocycles. The van der Waals surface area contributed by atoms with Crippen molar-refractivity contribution in [3.63, 3.8) is 0 Å². The molecule has 0 radical (unpaired) electrons. The number of nitrogens with one attached hydrogen (secondary N) is 3. The number of esters is 1. The van der Waals surface area contributed by atoms with E-state index in [1.54, 1.807) is 71.6 Å². The van der Waals surface area contributed by atoms with Gasteiger partial charge in [0.05, 0.1) is 24.8 Å². The number of H-pyrrole nitrogens is 1. The first-order valence-corrected chi connectivity index (χ1v) is 22.4. The van der Waals surface area contributed by atoms with Gasteiger partial charge in [-0.15, -0.1) is 0 Å². The number of aliphatic hydroxyl groups is 2. The average Bonchev–Trinajstić information content (AvgIpc) is 3.36. The summed E-state index contributed by atoms with van der Waals surface area (Å²) in [5, 5.41) is 39.8. The van der Waals surface area contributed by atoms with Crippen molar-refractivity contribution < 1.29 is 34.4 Å². The van der Waals surface area contributed by atoms with Crippen LogP contribution in [0.2, 0.25) is 0 Å². The van der Waals surface area contributed by atoms with E-state index in [9.17, 15) is 34.5 Å². The molecule has 1 fully saturated rings. The molecule has 0 spiro atoms. The van der Waals surface area contributed by atoms with E-state index >= 15 is 0 Å². The number of aromatic amines is 1. The summed E-state index contributed by atoms with van der Waals surface area (Å²) in [7, 11) is 0. The second-order valence-corrected chi connectivity index (χ2v) is 17.1. The van der Waals surface area contributed by atoms with Gasteiger partial charge >= 0.3 is 5.97 Å². The van der Waals surface area contributed by atoms with Crippen molar-refractivity contribution in [1.29, 1.82) is 0 Å². The molecule has 0 saturated carbocycles. The molecule has 2 aliphatic rings. The van der Waals surface area contributed by atoms with Gasteiger partial charge in [0.2, 0.25) is 17.1 Å². The number of aromatic nitrogens is 1. The lowest BCUT2D eigenvalue weighted by atomic mass is 9.84. The highest BCUT2D eigenvalue weighted by Crippen LogP contribution is 2.35. The summed E-state index contributed by atoms with van der Waals surface area (Å²) in [6.07, 6.45) is 3.40. The molecule has 66 heavy (non-hydrogen) atoms. The number of likely N-dealkylation sites (tertiary alicyclic amines) is 1. The van der Waals surface area contributed by atoms with Crippen LogP contribution in [0.5, 0.6) is 5.75 Å². The van der Waals surface area contributed by atoms with Crippen LogP contribution in [0, 0.1) is 5.92 Å². The summed E-state index contributed by atoms with van der Waals surface area (Å²) in [6, 6.07) is 39.5. The van der Waals surface area contributed by atoms with Crippen LogP contribution in [0.15, 0.2) is 144 Å². The van der Waals surface area contributed by atoms with Crippen molar-refractivity contribution in [3.8, 4) is 5.75 Å². The molecule has 6 N–H and O–H groups in total. The van der Waals surface area contributed by atoms with Gasteiger partial charge in [-0.2, -0.15) is 0 Å². The molecule has 13 heteroatoms. The lowest BCUT2D eigenvalue weighted by Crippen LogP contribution is -2.42. The number of benzene rings is 5. The Bertz CT molecular complexity index is 2730. The highest BCUT2D eigenvalue weighted by Gasteiger charge is 2.42. The number of rotatable bonds is 16. The van der Waals surface area contributed by atoms with Crippen LogP contribution in [0.4, 0.5) is 0 Å². The molecule has 1 aromatic heterocycles. The minimum atomic E-state index is -2.03. The van der Waals surface area contributed by atoms with E-state index in [4.69, 9.17) is 4.74 Å². The van der Waals surface area contributed by atoms with Gasteiger partial charge in [-0.3, -0.25) is 19.3 Å². The number of fused-ring (bicyclic) bond motifs is 1. The molecule has 3 heterocycles. The summed E-state index contributed by atoms with van der Waals surface area (Å²) in [5.74, 6) is -1.19.